The fraction of sp³-hybridized carbons (Fsp3) is 0.360. The number of rotatable bonds is 3. The van der Waals surface area contributed by atoms with E-state index in [0.717, 1.165) is 42.5 Å². The number of methoxy groups -OCH3 is 1. The summed E-state index contributed by atoms with van der Waals surface area (Å²) in [5.41, 5.74) is 10.6. The molecule has 0 aromatic heterocycles. The van der Waals surface area contributed by atoms with Crippen LogP contribution >= 0.6 is 0 Å². The molecule has 0 fully saturated rings. The molecule has 0 bridgehead atoms. The number of nitrogens with zero attached hydrogens (tertiary/aromatic N) is 2. The van der Waals surface area contributed by atoms with Gasteiger partial charge in [-0.3, -0.25) is 4.79 Å². The molecule has 32 heavy (non-hydrogen) atoms. The molecule has 0 saturated heterocycles. The zero-order valence-corrected chi connectivity index (χ0v) is 19.4. The normalized spacial score (nSPS) is 15.9. The second kappa shape index (κ2) is 12.5. The highest BCUT2D eigenvalue weighted by molar-refractivity contribution is 6.28. The van der Waals surface area contributed by atoms with Gasteiger partial charge in [-0.1, -0.05) is 26.5 Å². The summed E-state index contributed by atoms with van der Waals surface area (Å²) in [7, 11) is 1.68. The van der Waals surface area contributed by atoms with Crippen molar-refractivity contribution in [1.82, 2.24) is 0 Å². The fourth-order valence-corrected chi connectivity index (χ4v) is 3.21. The zero-order chi connectivity index (χ0) is 23.5. The molecule has 2 N–H and O–H groups in total. The molecule has 0 amide bonds. The van der Waals surface area contributed by atoms with Crippen LogP contribution in [0.3, 0.4) is 0 Å². The number of hydrogen-bond donors (Lipinski definition) is 1. The summed E-state index contributed by atoms with van der Waals surface area (Å²) < 4.78 is 15.4. The van der Waals surface area contributed by atoms with E-state index >= 15 is 0 Å². The molecule has 0 spiro atoms. The number of nitrogen functional groups attached to an aromatic ring is 1. The number of fused-ring (bicyclic) bond motifs is 2. The third-order valence-electron chi connectivity index (χ3n) is 4.83. The molecular formula is C25H33N3O4. The van der Waals surface area contributed by atoms with Crippen molar-refractivity contribution in [1.29, 1.82) is 0 Å². The molecule has 0 radical (unpaired) electrons. The number of nitrogens with two attached hydrogens (primary N) is 1. The third kappa shape index (κ3) is 6.11. The summed E-state index contributed by atoms with van der Waals surface area (Å²) in [6.07, 6.45) is 3.06. The summed E-state index contributed by atoms with van der Waals surface area (Å²) in [6.45, 7) is 11.2. The summed E-state index contributed by atoms with van der Waals surface area (Å²) in [6, 6.07) is 11.3. The van der Waals surface area contributed by atoms with Crippen LogP contribution in [0.5, 0.6) is 11.5 Å². The minimum atomic E-state index is 0.196. The van der Waals surface area contributed by atoms with Gasteiger partial charge in [0.05, 0.1) is 11.4 Å². The first-order valence-electron chi connectivity index (χ1n) is 10.9. The van der Waals surface area contributed by atoms with Crippen LogP contribution in [-0.4, -0.2) is 32.5 Å². The smallest absolute Gasteiger partial charge is 0.231 e. The van der Waals surface area contributed by atoms with Crippen molar-refractivity contribution in [3.8, 4) is 11.5 Å². The van der Waals surface area contributed by atoms with E-state index in [1.54, 1.807) is 12.1 Å². The molecule has 2 heterocycles. The molecule has 0 atom stereocenters. The molecule has 172 valence electrons. The number of hydrogen-bond acceptors (Lipinski definition) is 7. The molecule has 2 aromatic carbocycles. The van der Waals surface area contributed by atoms with Crippen LogP contribution < -0.4 is 20.2 Å². The molecule has 2 aliphatic rings. The van der Waals surface area contributed by atoms with Crippen LogP contribution in [0.2, 0.25) is 0 Å². The average Bonchev–Trinajstić information content (AvgIpc) is 3.32. The topological polar surface area (TPSA) is 86.4 Å². The first kappa shape index (κ1) is 24.9. The number of benzene rings is 2. The highest BCUT2D eigenvalue weighted by Crippen LogP contribution is 2.38. The van der Waals surface area contributed by atoms with Crippen molar-refractivity contribution >= 4 is 29.1 Å². The Morgan fingerprint density at radius 3 is 2.56 bits per heavy atom. The van der Waals surface area contributed by atoms with E-state index < -0.39 is 0 Å². The van der Waals surface area contributed by atoms with E-state index in [1.807, 2.05) is 57.2 Å². The molecule has 0 aliphatic carbocycles. The molecule has 4 rings (SSSR count). The Kier molecular flexibility index (Phi) is 9.76. The SMILES string of the molecule is C=C1c2cc(N)ccc2CCC/C(C=O)=N\N1c1ccc2c(c1)OCO2.CC.CCOC. The second-order valence-electron chi connectivity index (χ2n) is 6.85. The van der Waals surface area contributed by atoms with Crippen LogP contribution in [0.4, 0.5) is 11.4 Å². The van der Waals surface area contributed by atoms with E-state index in [2.05, 4.69) is 16.4 Å². The molecule has 7 heteroatoms. The van der Waals surface area contributed by atoms with E-state index in [4.69, 9.17) is 15.2 Å². The maximum absolute atomic E-state index is 11.5. The van der Waals surface area contributed by atoms with Gasteiger partial charge in [-0.25, -0.2) is 5.01 Å². The predicted molar refractivity (Wildman–Crippen MR) is 130 cm³/mol. The minimum absolute atomic E-state index is 0.196. The first-order chi connectivity index (χ1) is 15.6. The molecule has 2 aromatic rings. The monoisotopic (exact) mass is 439 g/mol. The van der Waals surface area contributed by atoms with Crippen molar-refractivity contribution in [3.05, 3.63) is 54.1 Å². The van der Waals surface area contributed by atoms with E-state index in [9.17, 15) is 4.79 Å². The van der Waals surface area contributed by atoms with Crippen LogP contribution in [0, 0.1) is 0 Å². The molecule has 7 nitrogen and oxygen atoms in total. The summed E-state index contributed by atoms with van der Waals surface area (Å²) >= 11 is 0. The number of aryl methyl sites for hydroxylation is 1. The van der Waals surface area contributed by atoms with Gasteiger partial charge in [-0.15, -0.1) is 0 Å². The van der Waals surface area contributed by atoms with Gasteiger partial charge in [0.15, 0.2) is 17.8 Å². The maximum Gasteiger partial charge on any atom is 0.231 e. The fourth-order valence-electron chi connectivity index (χ4n) is 3.21. The predicted octanol–water partition coefficient (Wildman–Crippen LogP) is 5.04. The van der Waals surface area contributed by atoms with Gasteiger partial charge in [0.1, 0.15) is 5.71 Å². The Morgan fingerprint density at radius 1 is 1.16 bits per heavy atom. The van der Waals surface area contributed by atoms with Gasteiger partial charge in [0.25, 0.3) is 0 Å². The molecule has 2 aliphatic heterocycles. The van der Waals surface area contributed by atoms with Crippen LogP contribution in [0.15, 0.2) is 48.1 Å². The zero-order valence-electron chi connectivity index (χ0n) is 19.4. The Bertz CT molecular complexity index is 954. The van der Waals surface area contributed by atoms with Gasteiger partial charge in [-0.2, -0.15) is 5.10 Å². The number of carbonyl (C=O) groups is 1. The highest BCUT2D eigenvalue weighted by Gasteiger charge is 2.21. The van der Waals surface area contributed by atoms with E-state index in [0.29, 0.717) is 35.0 Å². The minimum Gasteiger partial charge on any atom is -0.454 e. The Balaban J connectivity index is 0.000000547. The first-order valence-corrected chi connectivity index (χ1v) is 10.9. The van der Waals surface area contributed by atoms with Gasteiger partial charge in [-0.05, 0) is 56.0 Å². The van der Waals surface area contributed by atoms with Crippen LogP contribution in [0.25, 0.3) is 5.70 Å². The summed E-state index contributed by atoms with van der Waals surface area (Å²) in [5, 5.41) is 6.24. The maximum atomic E-state index is 11.5. The van der Waals surface area contributed by atoms with Crippen LogP contribution in [0.1, 0.15) is 44.7 Å². The van der Waals surface area contributed by atoms with E-state index in [-0.39, 0.29) is 6.79 Å². The lowest BCUT2D eigenvalue weighted by molar-refractivity contribution is -0.102. The van der Waals surface area contributed by atoms with Gasteiger partial charge in [0, 0.05) is 31.0 Å². The van der Waals surface area contributed by atoms with Crippen molar-refractivity contribution in [3.63, 3.8) is 0 Å². The molecular weight excluding hydrogens is 406 g/mol. The largest absolute Gasteiger partial charge is 0.454 e. The Hall–Kier alpha value is -3.32. The molecule has 0 saturated carbocycles. The average molecular weight is 440 g/mol. The van der Waals surface area contributed by atoms with Crippen molar-refractivity contribution < 1.29 is 19.0 Å². The second-order valence-corrected chi connectivity index (χ2v) is 6.85. The Morgan fingerprint density at radius 2 is 1.88 bits per heavy atom. The summed E-state index contributed by atoms with van der Waals surface area (Å²) in [4.78, 5) is 11.5. The lowest BCUT2D eigenvalue weighted by Crippen LogP contribution is -2.17. The number of hydrazone groups is 1. The Labute approximate surface area is 190 Å². The van der Waals surface area contributed by atoms with Gasteiger partial charge in [0.2, 0.25) is 6.79 Å². The molecule has 0 unspecified atom stereocenters. The third-order valence-corrected chi connectivity index (χ3v) is 4.83. The number of anilines is 2. The van der Waals surface area contributed by atoms with Crippen molar-refractivity contribution in [2.45, 2.75) is 40.0 Å². The standard InChI is InChI=1S/C20H19N3O3.C3H8O.C2H6/c1-13-18-9-15(21)6-5-14(18)3-2-4-16(11-24)22-23(13)17-7-8-19-20(10-17)26-12-25-19;1-3-4-2;1-2/h5-11H,1-4,12,21H2;3H2,1-2H3;1-2H3/b22-16+;;. The van der Waals surface area contributed by atoms with Gasteiger partial charge < -0.3 is 19.9 Å². The number of aldehydes is 1. The van der Waals surface area contributed by atoms with Crippen LogP contribution in [-0.2, 0) is 16.0 Å². The quantitative estimate of drug-likeness (QED) is 0.532. The highest BCUT2D eigenvalue weighted by atomic mass is 16.7. The van der Waals surface area contributed by atoms with Crippen molar-refractivity contribution in [2.24, 2.45) is 5.10 Å². The lowest BCUT2D eigenvalue weighted by Gasteiger charge is -2.23. The van der Waals surface area contributed by atoms with Crippen molar-refractivity contribution in [2.75, 3.05) is 31.3 Å². The van der Waals surface area contributed by atoms with E-state index in [1.165, 1.54) is 0 Å². The number of ether oxygens (including phenoxy) is 3. The number of carbonyl (C=O) groups excluding carboxylic acids is 1. The summed E-state index contributed by atoms with van der Waals surface area (Å²) in [5.74, 6) is 1.33. The lowest BCUT2D eigenvalue weighted by atomic mass is 9.98. The van der Waals surface area contributed by atoms with Gasteiger partial charge >= 0.3 is 0 Å².